The molecule has 31 heavy (non-hydrogen) atoms. The van der Waals surface area contributed by atoms with Gasteiger partial charge in [-0.3, -0.25) is 9.59 Å². The van der Waals surface area contributed by atoms with Crippen molar-refractivity contribution in [1.29, 1.82) is 0 Å². The number of carbonyl (C=O) groups is 2. The topological polar surface area (TPSA) is 58.6 Å². The van der Waals surface area contributed by atoms with Crippen LogP contribution in [-0.4, -0.2) is 31.9 Å². The summed E-state index contributed by atoms with van der Waals surface area (Å²) in [6.07, 6.45) is 6.65. The predicted octanol–water partition coefficient (Wildman–Crippen LogP) is 5.09. The molecule has 5 heteroatoms. The summed E-state index contributed by atoms with van der Waals surface area (Å²) in [6, 6.07) is 13.8. The molecule has 3 rings (SSSR count). The summed E-state index contributed by atoms with van der Waals surface area (Å²) in [5.41, 5.74) is 3.79. The second-order valence-corrected chi connectivity index (χ2v) is 8.12. The van der Waals surface area contributed by atoms with Crippen molar-refractivity contribution >= 4 is 17.9 Å². The first-order chi connectivity index (χ1) is 15.2. The Bertz CT molecular complexity index is 875. The lowest BCUT2D eigenvalue weighted by Gasteiger charge is -2.32. The molecular weight excluding hydrogens is 388 g/mol. The average molecular weight is 423 g/mol. The molecule has 2 aromatic rings. The largest absolute Gasteiger partial charge is 0.493 e. The van der Waals surface area contributed by atoms with Crippen molar-refractivity contribution in [3.8, 4) is 5.75 Å². The highest BCUT2D eigenvalue weighted by molar-refractivity contribution is 5.82. The van der Waals surface area contributed by atoms with E-state index in [1.54, 1.807) is 12.1 Å². The number of para-hydroxylation sites is 1. The minimum absolute atomic E-state index is 0.0174. The van der Waals surface area contributed by atoms with Gasteiger partial charge in [-0.05, 0) is 61.9 Å². The number of benzene rings is 2. The minimum atomic E-state index is -0.0202. The van der Waals surface area contributed by atoms with E-state index in [0.29, 0.717) is 17.9 Å². The Hall–Kier alpha value is -2.82. The molecule has 0 radical (unpaired) electrons. The molecule has 2 aromatic carbocycles. The molecule has 5 nitrogen and oxygen atoms in total. The van der Waals surface area contributed by atoms with Crippen molar-refractivity contribution in [2.45, 2.75) is 58.4 Å². The number of anilines is 1. The number of aldehydes is 1. The number of hydrogen-bond donors (Lipinski definition) is 1. The molecule has 0 saturated carbocycles. The van der Waals surface area contributed by atoms with Crippen LogP contribution in [0.1, 0.15) is 73.5 Å². The fraction of sp³-hybridized carbons (Fsp3) is 0.462. The van der Waals surface area contributed by atoms with Crippen LogP contribution < -0.4 is 15.0 Å². The number of ether oxygens (including phenoxy) is 1. The van der Waals surface area contributed by atoms with Crippen LogP contribution in [0.15, 0.2) is 42.5 Å². The van der Waals surface area contributed by atoms with Crippen LogP contribution in [0.5, 0.6) is 5.75 Å². The highest BCUT2D eigenvalue weighted by Crippen LogP contribution is 2.31. The Balaban J connectivity index is 1.76. The van der Waals surface area contributed by atoms with Gasteiger partial charge in [-0.15, -0.1) is 0 Å². The number of carbonyl (C=O) groups excluding carboxylic acids is 2. The quantitative estimate of drug-likeness (QED) is 0.542. The van der Waals surface area contributed by atoms with Crippen LogP contribution in [0.4, 0.5) is 5.69 Å². The van der Waals surface area contributed by atoms with Crippen LogP contribution in [0.3, 0.4) is 0 Å². The molecule has 1 heterocycles. The van der Waals surface area contributed by atoms with Gasteiger partial charge in [0.15, 0.2) is 6.29 Å². The third-order valence-electron chi connectivity index (χ3n) is 5.79. The number of amides is 1. The van der Waals surface area contributed by atoms with E-state index in [2.05, 4.69) is 41.4 Å². The molecular formula is C26H34N2O3. The summed E-state index contributed by atoms with van der Waals surface area (Å²) >= 11 is 0. The van der Waals surface area contributed by atoms with Gasteiger partial charge in [-0.1, -0.05) is 37.6 Å². The zero-order valence-corrected chi connectivity index (χ0v) is 18.7. The Kier molecular flexibility index (Phi) is 8.51. The van der Waals surface area contributed by atoms with Crippen LogP contribution in [-0.2, 0) is 11.2 Å². The molecule has 1 aliphatic heterocycles. The lowest BCUT2D eigenvalue weighted by Crippen LogP contribution is -2.34. The van der Waals surface area contributed by atoms with E-state index in [4.69, 9.17) is 4.74 Å². The molecule has 1 aliphatic rings. The molecule has 1 unspecified atom stereocenters. The van der Waals surface area contributed by atoms with Gasteiger partial charge >= 0.3 is 0 Å². The van der Waals surface area contributed by atoms with Gasteiger partial charge in [0.05, 0.1) is 24.6 Å². The maximum atomic E-state index is 12.9. The Morgan fingerprint density at radius 2 is 1.90 bits per heavy atom. The maximum Gasteiger partial charge on any atom is 0.224 e. The predicted molar refractivity (Wildman–Crippen MR) is 125 cm³/mol. The molecule has 1 N–H and O–H groups in total. The van der Waals surface area contributed by atoms with Crippen molar-refractivity contribution < 1.29 is 14.3 Å². The molecule has 0 aliphatic carbocycles. The maximum absolute atomic E-state index is 12.9. The standard InChI is InChI=1S/C26H34N2O3/c1-3-10-23(22-11-6-7-12-24(22)28-15-8-5-9-16-28)27-26(30)18-20-13-14-21(19-29)25(17-20)31-4-2/h6-7,11-14,17,19,23H,3-5,8-10,15-16,18H2,1-2H3,(H,27,30). The normalized spacial score (nSPS) is 14.7. The Labute approximate surface area is 185 Å². The first kappa shape index (κ1) is 22.9. The average Bonchev–Trinajstić information content (AvgIpc) is 2.80. The van der Waals surface area contributed by atoms with E-state index in [1.807, 2.05) is 13.0 Å². The van der Waals surface area contributed by atoms with Gasteiger partial charge < -0.3 is 15.0 Å². The zero-order chi connectivity index (χ0) is 22.1. The second-order valence-electron chi connectivity index (χ2n) is 8.12. The van der Waals surface area contributed by atoms with Gasteiger partial charge in [0, 0.05) is 18.8 Å². The Morgan fingerprint density at radius 1 is 1.13 bits per heavy atom. The van der Waals surface area contributed by atoms with Crippen molar-refractivity contribution in [3.63, 3.8) is 0 Å². The molecule has 0 aromatic heterocycles. The smallest absolute Gasteiger partial charge is 0.224 e. The second kappa shape index (κ2) is 11.5. The van der Waals surface area contributed by atoms with Crippen LogP contribution in [0.2, 0.25) is 0 Å². The van der Waals surface area contributed by atoms with Gasteiger partial charge in [0.25, 0.3) is 0 Å². The van der Waals surface area contributed by atoms with Crippen LogP contribution >= 0.6 is 0 Å². The summed E-state index contributed by atoms with van der Waals surface area (Å²) in [6.45, 7) is 6.65. The van der Waals surface area contributed by atoms with E-state index >= 15 is 0 Å². The fourth-order valence-electron chi connectivity index (χ4n) is 4.30. The van der Waals surface area contributed by atoms with Crippen molar-refractivity contribution in [2.24, 2.45) is 0 Å². The molecule has 1 atom stereocenters. The summed E-state index contributed by atoms with van der Waals surface area (Å²) in [7, 11) is 0. The number of nitrogens with zero attached hydrogens (tertiary/aromatic N) is 1. The Morgan fingerprint density at radius 3 is 2.61 bits per heavy atom. The molecule has 1 saturated heterocycles. The highest BCUT2D eigenvalue weighted by atomic mass is 16.5. The van der Waals surface area contributed by atoms with E-state index in [1.165, 1.54) is 30.5 Å². The van der Waals surface area contributed by atoms with Gasteiger partial charge in [0.2, 0.25) is 5.91 Å². The van der Waals surface area contributed by atoms with Crippen molar-refractivity contribution in [2.75, 3.05) is 24.6 Å². The number of nitrogens with one attached hydrogen (secondary N) is 1. The van der Waals surface area contributed by atoms with Gasteiger partial charge in [0.1, 0.15) is 5.75 Å². The van der Waals surface area contributed by atoms with E-state index in [-0.39, 0.29) is 18.4 Å². The minimum Gasteiger partial charge on any atom is -0.493 e. The third kappa shape index (κ3) is 6.09. The van der Waals surface area contributed by atoms with E-state index < -0.39 is 0 Å². The van der Waals surface area contributed by atoms with Crippen LogP contribution in [0.25, 0.3) is 0 Å². The van der Waals surface area contributed by atoms with Crippen molar-refractivity contribution in [3.05, 3.63) is 59.2 Å². The first-order valence-electron chi connectivity index (χ1n) is 11.5. The summed E-state index contributed by atoms with van der Waals surface area (Å²) in [4.78, 5) is 26.6. The van der Waals surface area contributed by atoms with E-state index in [0.717, 1.165) is 37.8 Å². The first-order valence-corrected chi connectivity index (χ1v) is 11.5. The molecule has 166 valence electrons. The summed E-state index contributed by atoms with van der Waals surface area (Å²) < 4.78 is 5.55. The van der Waals surface area contributed by atoms with Gasteiger partial charge in [-0.25, -0.2) is 0 Å². The summed E-state index contributed by atoms with van der Waals surface area (Å²) in [5, 5.41) is 3.27. The third-order valence-corrected chi connectivity index (χ3v) is 5.79. The zero-order valence-electron chi connectivity index (χ0n) is 18.7. The summed E-state index contributed by atoms with van der Waals surface area (Å²) in [5.74, 6) is 0.511. The number of rotatable bonds is 10. The lowest BCUT2D eigenvalue weighted by molar-refractivity contribution is -0.121. The highest BCUT2D eigenvalue weighted by Gasteiger charge is 2.21. The van der Waals surface area contributed by atoms with Crippen molar-refractivity contribution in [1.82, 2.24) is 5.32 Å². The fourth-order valence-corrected chi connectivity index (χ4v) is 4.30. The van der Waals surface area contributed by atoms with Crippen LogP contribution in [0, 0.1) is 0 Å². The SMILES string of the molecule is CCCC(NC(=O)Cc1ccc(C=O)c(OCC)c1)c1ccccc1N1CCCCC1. The molecule has 0 bridgehead atoms. The lowest BCUT2D eigenvalue weighted by atomic mass is 9.98. The molecule has 1 amide bonds. The molecule has 0 spiro atoms. The van der Waals surface area contributed by atoms with Gasteiger partial charge in [-0.2, -0.15) is 0 Å². The van der Waals surface area contributed by atoms with E-state index in [9.17, 15) is 9.59 Å². The monoisotopic (exact) mass is 422 g/mol. The molecule has 1 fully saturated rings. The number of hydrogen-bond acceptors (Lipinski definition) is 4. The number of piperidine rings is 1.